The zero-order chi connectivity index (χ0) is 10.5. The van der Waals surface area contributed by atoms with Crippen LogP contribution >= 0.6 is 12.4 Å². The Morgan fingerprint density at radius 1 is 1.44 bits per heavy atom. The van der Waals surface area contributed by atoms with Gasteiger partial charge in [0.1, 0.15) is 0 Å². The predicted molar refractivity (Wildman–Crippen MR) is 63.3 cm³/mol. The maximum absolute atomic E-state index is 12.5. The zero-order valence-corrected chi connectivity index (χ0v) is 9.76. The molecule has 1 fully saturated rings. The lowest BCUT2D eigenvalue weighted by molar-refractivity contribution is 0.392. The first-order valence-corrected chi connectivity index (χ1v) is 5.27. The van der Waals surface area contributed by atoms with Gasteiger partial charge in [-0.15, -0.1) is 12.4 Å². The fraction of sp³-hybridized carbons (Fsp3) is 0.600. The number of hydrogen-bond acceptors (Lipinski definition) is 4. The van der Waals surface area contributed by atoms with Crippen molar-refractivity contribution < 1.29 is 4.39 Å². The van der Waals surface area contributed by atoms with Gasteiger partial charge in [0.15, 0.2) is 5.82 Å². The summed E-state index contributed by atoms with van der Waals surface area (Å²) in [6, 6.07) is 0. The quantitative estimate of drug-likeness (QED) is 0.848. The van der Waals surface area contributed by atoms with E-state index in [4.69, 9.17) is 0 Å². The molecule has 1 aliphatic rings. The van der Waals surface area contributed by atoms with E-state index in [2.05, 4.69) is 20.6 Å². The lowest BCUT2D eigenvalue weighted by Gasteiger charge is -2.22. The molecule has 6 heteroatoms. The van der Waals surface area contributed by atoms with Crippen molar-refractivity contribution >= 4 is 18.4 Å². The second kappa shape index (κ2) is 6.60. The van der Waals surface area contributed by atoms with Crippen LogP contribution in [0.1, 0.15) is 12.8 Å². The van der Waals surface area contributed by atoms with Crippen molar-refractivity contribution in [3.8, 4) is 0 Å². The lowest BCUT2D eigenvalue weighted by Crippen LogP contribution is -2.33. The first-order valence-electron chi connectivity index (χ1n) is 5.27. The van der Waals surface area contributed by atoms with E-state index in [0.717, 1.165) is 19.6 Å². The Morgan fingerprint density at radius 2 is 2.19 bits per heavy atom. The molecule has 16 heavy (non-hydrogen) atoms. The molecule has 0 spiro atoms. The van der Waals surface area contributed by atoms with Gasteiger partial charge in [-0.2, -0.15) is 0 Å². The molecule has 0 saturated carbocycles. The molecule has 0 amide bonds. The highest BCUT2D eigenvalue weighted by Gasteiger charge is 2.12. The number of halogens is 2. The summed E-state index contributed by atoms with van der Waals surface area (Å²) < 4.78 is 12.5. The molecule has 0 aromatic carbocycles. The topological polar surface area (TPSA) is 49.8 Å². The van der Waals surface area contributed by atoms with Crippen molar-refractivity contribution in [2.75, 3.05) is 25.0 Å². The van der Waals surface area contributed by atoms with Gasteiger partial charge in [-0.3, -0.25) is 0 Å². The second-order valence-corrected chi connectivity index (χ2v) is 3.82. The van der Waals surface area contributed by atoms with Crippen molar-refractivity contribution in [1.82, 2.24) is 15.3 Å². The highest BCUT2D eigenvalue weighted by Crippen LogP contribution is 2.10. The van der Waals surface area contributed by atoms with E-state index in [1.54, 1.807) is 0 Å². The monoisotopic (exact) mass is 246 g/mol. The first kappa shape index (κ1) is 13.1. The van der Waals surface area contributed by atoms with Gasteiger partial charge in [0.05, 0.1) is 12.4 Å². The van der Waals surface area contributed by atoms with Crippen LogP contribution in [-0.4, -0.2) is 29.6 Å². The lowest BCUT2D eigenvalue weighted by atomic mass is 10.00. The third-order valence-electron chi connectivity index (χ3n) is 2.57. The first-order chi connectivity index (χ1) is 7.34. The molecule has 0 aliphatic carbocycles. The summed E-state index contributed by atoms with van der Waals surface area (Å²) in [5, 5.41) is 6.45. The maximum Gasteiger partial charge on any atom is 0.222 e. The Morgan fingerprint density at radius 3 is 2.81 bits per heavy atom. The third-order valence-corrected chi connectivity index (χ3v) is 2.57. The number of hydrogen-bond donors (Lipinski definition) is 2. The van der Waals surface area contributed by atoms with Crippen LogP contribution in [0, 0.1) is 11.7 Å². The molecule has 1 aromatic heterocycles. The van der Waals surface area contributed by atoms with E-state index in [9.17, 15) is 4.39 Å². The van der Waals surface area contributed by atoms with Gasteiger partial charge in [0.25, 0.3) is 0 Å². The largest absolute Gasteiger partial charge is 0.354 e. The minimum atomic E-state index is -0.403. The van der Waals surface area contributed by atoms with E-state index in [0.29, 0.717) is 11.9 Å². The van der Waals surface area contributed by atoms with Crippen LogP contribution in [0.4, 0.5) is 10.3 Å². The molecule has 2 N–H and O–H groups in total. The van der Waals surface area contributed by atoms with Gasteiger partial charge in [0.2, 0.25) is 5.95 Å². The second-order valence-electron chi connectivity index (χ2n) is 3.82. The van der Waals surface area contributed by atoms with Crippen molar-refractivity contribution in [3.05, 3.63) is 18.2 Å². The molecule has 1 aromatic rings. The Hall–Kier alpha value is -0.940. The van der Waals surface area contributed by atoms with Crippen molar-refractivity contribution in [2.45, 2.75) is 12.8 Å². The molecule has 0 radical (unpaired) electrons. The van der Waals surface area contributed by atoms with Crippen molar-refractivity contribution in [1.29, 1.82) is 0 Å². The molecule has 1 saturated heterocycles. The molecule has 2 rings (SSSR count). The SMILES string of the molecule is Cl.Fc1cnc(NCC2CCCNC2)nc1. The summed E-state index contributed by atoms with van der Waals surface area (Å²) in [4.78, 5) is 7.69. The van der Waals surface area contributed by atoms with Crippen LogP contribution in [0.15, 0.2) is 12.4 Å². The zero-order valence-electron chi connectivity index (χ0n) is 8.95. The molecular formula is C10H16ClFN4. The van der Waals surface area contributed by atoms with E-state index >= 15 is 0 Å². The van der Waals surface area contributed by atoms with Gasteiger partial charge in [-0.25, -0.2) is 14.4 Å². The van der Waals surface area contributed by atoms with Crippen molar-refractivity contribution in [3.63, 3.8) is 0 Å². The molecule has 0 bridgehead atoms. The van der Waals surface area contributed by atoms with E-state index in [1.807, 2.05) is 0 Å². The summed E-state index contributed by atoms with van der Waals surface area (Å²) in [6.45, 7) is 3.00. The molecule has 2 heterocycles. The Balaban J connectivity index is 0.00000128. The number of nitrogens with one attached hydrogen (secondary N) is 2. The fourth-order valence-corrected chi connectivity index (χ4v) is 1.74. The van der Waals surface area contributed by atoms with Crippen LogP contribution in [0.25, 0.3) is 0 Å². The normalized spacial score (nSPS) is 19.9. The average Bonchev–Trinajstić information content (AvgIpc) is 2.30. The van der Waals surface area contributed by atoms with Gasteiger partial charge >= 0.3 is 0 Å². The molecule has 1 atom stereocenters. The minimum Gasteiger partial charge on any atom is -0.354 e. The average molecular weight is 247 g/mol. The highest BCUT2D eigenvalue weighted by atomic mass is 35.5. The van der Waals surface area contributed by atoms with Crippen molar-refractivity contribution in [2.24, 2.45) is 5.92 Å². The number of rotatable bonds is 3. The molecule has 1 unspecified atom stereocenters. The number of nitrogens with zero attached hydrogens (tertiary/aromatic N) is 2. The van der Waals surface area contributed by atoms with E-state index < -0.39 is 5.82 Å². The number of anilines is 1. The third kappa shape index (κ3) is 3.90. The summed E-state index contributed by atoms with van der Waals surface area (Å²) in [5.41, 5.74) is 0. The number of piperidine rings is 1. The standard InChI is InChI=1S/C10H15FN4.ClH/c11-9-6-14-10(15-7-9)13-5-8-2-1-3-12-4-8;/h6-8,12H,1-5H2,(H,13,14,15);1H. The Bertz CT molecular complexity index is 300. The Labute approximate surface area is 100 Å². The van der Waals surface area contributed by atoms with Crippen LogP contribution < -0.4 is 10.6 Å². The predicted octanol–water partition coefficient (Wildman–Crippen LogP) is 1.45. The molecule has 4 nitrogen and oxygen atoms in total. The molecule has 1 aliphatic heterocycles. The van der Waals surface area contributed by atoms with Gasteiger partial charge < -0.3 is 10.6 Å². The summed E-state index contributed by atoms with van der Waals surface area (Å²) in [5.74, 6) is 0.717. The van der Waals surface area contributed by atoms with Crippen LogP contribution in [-0.2, 0) is 0 Å². The smallest absolute Gasteiger partial charge is 0.222 e. The number of aromatic nitrogens is 2. The van der Waals surface area contributed by atoms with Crippen LogP contribution in [0.3, 0.4) is 0 Å². The summed E-state index contributed by atoms with van der Waals surface area (Å²) in [7, 11) is 0. The molecular weight excluding hydrogens is 231 g/mol. The van der Waals surface area contributed by atoms with Gasteiger partial charge in [0, 0.05) is 6.54 Å². The summed E-state index contributed by atoms with van der Waals surface area (Å²) in [6.07, 6.45) is 4.79. The Kier molecular flexibility index (Phi) is 5.42. The van der Waals surface area contributed by atoms with Gasteiger partial charge in [-0.1, -0.05) is 0 Å². The highest BCUT2D eigenvalue weighted by molar-refractivity contribution is 5.85. The fourth-order valence-electron chi connectivity index (χ4n) is 1.74. The minimum absolute atomic E-state index is 0. The molecule has 90 valence electrons. The van der Waals surface area contributed by atoms with E-state index in [-0.39, 0.29) is 12.4 Å². The van der Waals surface area contributed by atoms with Crippen LogP contribution in [0.5, 0.6) is 0 Å². The van der Waals surface area contributed by atoms with Crippen LogP contribution in [0.2, 0.25) is 0 Å². The van der Waals surface area contributed by atoms with Gasteiger partial charge in [-0.05, 0) is 31.8 Å². The summed E-state index contributed by atoms with van der Waals surface area (Å²) >= 11 is 0. The maximum atomic E-state index is 12.5. The van der Waals surface area contributed by atoms with E-state index in [1.165, 1.54) is 25.2 Å².